The zero-order valence-electron chi connectivity index (χ0n) is 16.3. The number of hydrogen-bond acceptors (Lipinski definition) is 3. The minimum absolute atomic E-state index is 0. The van der Waals surface area contributed by atoms with Crippen LogP contribution in [0.3, 0.4) is 0 Å². The van der Waals surface area contributed by atoms with Gasteiger partial charge in [-0.15, -0.1) is 10.2 Å². The van der Waals surface area contributed by atoms with Crippen LogP contribution in [0.4, 0.5) is 15.9 Å². The molecule has 4 rings (SSSR count). The van der Waals surface area contributed by atoms with Crippen molar-refractivity contribution in [2.24, 2.45) is 10.2 Å². The molecule has 0 unspecified atom stereocenters. The summed E-state index contributed by atoms with van der Waals surface area (Å²) in [7, 11) is 0. The van der Waals surface area contributed by atoms with Gasteiger partial charge in [-0.05, 0) is 35.4 Å². The van der Waals surface area contributed by atoms with Crippen molar-refractivity contribution in [1.82, 2.24) is 4.98 Å². The maximum absolute atomic E-state index is 12.5. The molecular formula is C24H21FIN3Os-. The number of halogens is 2. The van der Waals surface area contributed by atoms with E-state index in [9.17, 15) is 4.39 Å². The Hall–Kier alpha value is -2.29. The molecular weight excluding hydrogens is 666 g/mol. The molecule has 0 bridgehead atoms. The summed E-state index contributed by atoms with van der Waals surface area (Å²) >= 11 is 4.01. The van der Waals surface area contributed by atoms with Gasteiger partial charge in [0.15, 0.2) is 5.82 Å². The minimum atomic E-state index is -0.381. The normalized spacial score (nSPS) is 9.43. The molecule has 6 heteroatoms. The molecule has 0 aliphatic heterocycles. The van der Waals surface area contributed by atoms with Crippen molar-refractivity contribution >= 4 is 31.2 Å². The summed E-state index contributed by atoms with van der Waals surface area (Å²) in [4.78, 5) is 3.76. The first-order chi connectivity index (χ1) is 14.3. The fraction of sp³-hybridized carbons (Fsp3) is 0. The van der Waals surface area contributed by atoms with Crippen molar-refractivity contribution in [3.63, 3.8) is 0 Å². The number of pyridine rings is 1. The molecule has 0 N–H and O–H groups in total. The van der Waals surface area contributed by atoms with Gasteiger partial charge in [0.25, 0.3) is 0 Å². The van der Waals surface area contributed by atoms with E-state index in [0.717, 1.165) is 11.9 Å². The summed E-state index contributed by atoms with van der Waals surface area (Å²) < 4.78 is 12.5. The Morgan fingerprint density at radius 1 is 0.633 bits per heavy atom. The molecule has 0 saturated carbocycles. The van der Waals surface area contributed by atoms with Gasteiger partial charge in [0.05, 0.1) is 11.9 Å². The van der Waals surface area contributed by atoms with Gasteiger partial charge in [-0.1, -0.05) is 78.9 Å². The van der Waals surface area contributed by atoms with Crippen LogP contribution >= 0.6 is 19.7 Å². The average molecular weight is 688 g/mol. The second-order valence-electron chi connectivity index (χ2n) is 5.60. The summed E-state index contributed by atoms with van der Waals surface area (Å²) in [5, 5.41) is 7.81. The Kier molecular flexibility index (Phi) is 13.3. The Morgan fingerprint density at radius 3 is 1.53 bits per heavy atom. The van der Waals surface area contributed by atoms with Crippen molar-refractivity contribution in [2.75, 3.05) is 0 Å². The van der Waals surface area contributed by atoms with E-state index >= 15 is 0 Å². The van der Waals surface area contributed by atoms with Gasteiger partial charge in [0.2, 0.25) is 0 Å². The van der Waals surface area contributed by atoms with Crippen LogP contribution in [0, 0.1) is 13.2 Å². The summed E-state index contributed by atoms with van der Waals surface area (Å²) in [5.74, 6) is 0.00825. The first kappa shape index (κ1) is 25.7. The van der Waals surface area contributed by atoms with E-state index < -0.39 is 0 Å². The van der Waals surface area contributed by atoms with Gasteiger partial charge in [0.1, 0.15) is 5.82 Å². The zero-order chi connectivity index (χ0) is 20.7. The molecule has 1 aromatic heterocycles. The number of benzene rings is 3. The van der Waals surface area contributed by atoms with E-state index in [0.29, 0.717) is 5.82 Å². The summed E-state index contributed by atoms with van der Waals surface area (Å²) in [6, 6.07) is 32.8. The topological polar surface area (TPSA) is 37.6 Å². The Bertz CT molecular complexity index is 930. The van der Waals surface area contributed by atoms with E-state index in [1.54, 1.807) is 0 Å². The SMILES string of the molecule is Fc1ccc(N=Nc2ccccc2)nc1.[CH3-].[I][Os].c1ccc(-c2ccccc2)cc1. The Morgan fingerprint density at radius 2 is 1.10 bits per heavy atom. The summed E-state index contributed by atoms with van der Waals surface area (Å²) in [5.41, 5.74) is 3.29. The van der Waals surface area contributed by atoms with Gasteiger partial charge < -0.3 is 7.43 Å². The Balaban J connectivity index is 0.000000274. The third-order valence-corrected chi connectivity index (χ3v) is 3.62. The predicted octanol–water partition coefficient (Wildman–Crippen LogP) is 8.32. The zero-order valence-corrected chi connectivity index (χ0v) is 21.0. The molecule has 0 aliphatic rings. The van der Waals surface area contributed by atoms with Crippen LogP contribution in [0.1, 0.15) is 0 Å². The van der Waals surface area contributed by atoms with E-state index in [2.05, 4.69) is 83.4 Å². The van der Waals surface area contributed by atoms with Gasteiger partial charge in [-0.25, -0.2) is 9.37 Å². The molecule has 0 spiro atoms. The van der Waals surface area contributed by atoms with Crippen LogP contribution in [0.25, 0.3) is 11.1 Å². The predicted molar refractivity (Wildman–Crippen MR) is 127 cm³/mol. The average Bonchev–Trinajstić information content (AvgIpc) is 2.82. The maximum Gasteiger partial charge on any atom is -0.0184 e. The third-order valence-electron chi connectivity index (χ3n) is 3.62. The summed E-state index contributed by atoms with van der Waals surface area (Å²) in [6.07, 6.45) is 1.11. The standard InChI is InChI=1S/C12H10.C11H8FN3.CH3.HI.Os/c1-3-7-11(8-4-1)12-9-5-2-6-10-12;12-9-6-7-11(13-8-9)15-14-10-4-2-1-3-5-10;;;/h1-10H;1-8H;1H3;1H;/q;;-1;;+1/p-1. The van der Waals surface area contributed by atoms with Crippen LogP contribution in [0.5, 0.6) is 0 Å². The Labute approximate surface area is 198 Å². The van der Waals surface area contributed by atoms with Crippen molar-refractivity contribution in [1.29, 1.82) is 0 Å². The molecule has 0 amide bonds. The maximum atomic E-state index is 12.5. The van der Waals surface area contributed by atoms with Crippen LogP contribution in [0.2, 0.25) is 0 Å². The molecule has 0 atom stereocenters. The van der Waals surface area contributed by atoms with Crippen molar-refractivity contribution < 1.29 is 19.4 Å². The number of rotatable bonds is 3. The van der Waals surface area contributed by atoms with Crippen molar-refractivity contribution in [3.05, 3.63) is 123 Å². The van der Waals surface area contributed by atoms with Crippen molar-refractivity contribution in [3.8, 4) is 11.1 Å². The van der Waals surface area contributed by atoms with E-state index in [4.69, 9.17) is 0 Å². The number of nitrogens with zero attached hydrogens (tertiary/aromatic N) is 3. The molecule has 0 fully saturated rings. The molecule has 155 valence electrons. The monoisotopic (exact) mass is 689 g/mol. The fourth-order valence-electron chi connectivity index (χ4n) is 2.29. The number of aromatic nitrogens is 1. The van der Waals surface area contributed by atoms with E-state index in [1.807, 2.05) is 57.5 Å². The molecule has 0 radical (unpaired) electrons. The quantitative estimate of drug-likeness (QED) is 0.121. The van der Waals surface area contributed by atoms with Crippen LogP contribution in [-0.2, 0) is 15.1 Å². The van der Waals surface area contributed by atoms with Gasteiger partial charge in [-0.3, -0.25) is 0 Å². The second-order valence-corrected chi connectivity index (χ2v) is 5.60. The summed E-state index contributed by atoms with van der Waals surface area (Å²) in [6.45, 7) is 0. The van der Waals surface area contributed by atoms with Crippen molar-refractivity contribution in [2.45, 2.75) is 0 Å². The first-order valence-electron chi connectivity index (χ1n) is 8.63. The van der Waals surface area contributed by atoms with Crippen LogP contribution in [-0.4, -0.2) is 4.98 Å². The fourth-order valence-corrected chi connectivity index (χ4v) is 2.29. The van der Waals surface area contributed by atoms with Gasteiger partial charge >= 0.3 is 34.7 Å². The molecule has 3 aromatic carbocycles. The smallest absolute Gasteiger partial charge is 0.0184 e. The molecule has 3 nitrogen and oxygen atoms in total. The first-order valence-corrected chi connectivity index (χ1v) is 15.8. The largest absolute Gasteiger partial charge is 0.0622 e. The van der Waals surface area contributed by atoms with Gasteiger partial charge in [0, 0.05) is 0 Å². The number of azo groups is 1. The van der Waals surface area contributed by atoms with E-state index in [1.165, 1.54) is 23.3 Å². The van der Waals surface area contributed by atoms with E-state index in [-0.39, 0.29) is 13.2 Å². The molecule has 1 heterocycles. The van der Waals surface area contributed by atoms with Crippen LogP contribution in [0.15, 0.2) is 120 Å². The molecule has 4 aromatic rings. The number of hydrogen-bond donors (Lipinski definition) is 0. The van der Waals surface area contributed by atoms with Crippen LogP contribution < -0.4 is 0 Å². The third kappa shape index (κ3) is 9.47. The molecule has 30 heavy (non-hydrogen) atoms. The minimum Gasteiger partial charge on any atom is -0.0622 e. The molecule has 0 saturated heterocycles. The second kappa shape index (κ2) is 15.5. The van der Waals surface area contributed by atoms with Gasteiger partial charge in [-0.2, -0.15) is 0 Å². The molecule has 0 aliphatic carbocycles.